The summed E-state index contributed by atoms with van der Waals surface area (Å²) in [5.41, 5.74) is 2.78. The lowest BCUT2D eigenvalue weighted by Gasteiger charge is -2.26. The maximum atomic E-state index is 12.6. The van der Waals surface area contributed by atoms with Gasteiger partial charge in [0.05, 0.1) is 18.8 Å². The number of hydrogen-bond acceptors (Lipinski definition) is 5. The summed E-state index contributed by atoms with van der Waals surface area (Å²) in [5, 5.41) is 2.82. The minimum absolute atomic E-state index is 0.192. The van der Waals surface area contributed by atoms with Gasteiger partial charge in [0.15, 0.2) is 0 Å². The van der Waals surface area contributed by atoms with Crippen molar-refractivity contribution < 1.29 is 19.1 Å². The van der Waals surface area contributed by atoms with Gasteiger partial charge in [-0.2, -0.15) is 0 Å². The summed E-state index contributed by atoms with van der Waals surface area (Å²) in [4.78, 5) is 27.1. The largest absolute Gasteiger partial charge is 0.423 e. The zero-order chi connectivity index (χ0) is 21.5. The zero-order valence-corrected chi connectivity index (χ0v) is 17.1. The van der Waals surface area contributed by atoms with Crippen molar-refractivity contribution in [1.29, 1.82) is 0 Å². The van der Waals surface area contributed by atoms with E-state index >= 15 is 0 Å². The first-order valence-corrected chi connectivity index (χ1v) is 10.2. The van der Waals surface area contributed by atoms with E-state index in [0.29, 0.717) is 22.6 Å². The van der Waals surface area contributed by atoms with Crippen LogP contribution in [0, 0.1) is 0 Å². The van der Waals surface area contributed by atoms with Crippen molar-refractivity contribution in [1.82, 2.24) is 4.90 Å². The average molecular weight is 416 g/mol. The summed E-state index contributed by atoms with van der Waals surface area (Å²) in [6, 6.07) is 23.2. The second-order valence-electron chi connectivity index (χ2n) is 7.32. The fourth-order valence-electron chi connectivity index (χ4n) is 3.38. The van der Waals surface area contributed by atoms with Gasteiger partial charge in [0, 0.05) is 30.9 Å². The number of hydrogen-bond donors (Lipinski definition) is 1. The highest BCUT2D eigenvalue weighted by Crippen LogP contribution is 2.19. The third-order valence-electron chi connectivity index (χ3n) is 5.03. The number of ether oxygens (including phenoxy) is 2. The first-order valence-electron chi connectivity index (χ1n) is 10.2. The van der Waals surface area contributed by atoms with E-state index in [1.165, 1.54) is 0 Å². The number of benzene rings is 3. The van der Waals surface area contributed by atoms with Gasteiger partial charge < -0.3 is 14.8 Å². The highest BCUT2D eigenvalue weighted by molar-refractivity contribution is 6.04. The summed E-state index contributed by atoms with van der Waals surface area (Å²) in [6.07, 6.45) is 0. The number of carbonyl (C=O) groups excluding carboxylic acids is 2. The third-order valence-corrected chi connectivity index (χ3v) is 5.03. The van der Waals surface area contributed by atoms with Crippen LogP contribution in [0.1, 0.15) is 26.3 Å². The number of amides is 1. The Bertz CT molecular complexity index is 1030. The fraction of sp³-hybridized carbons (Fsp3) is 0.200. The molecule has 0 bridgehead atoms. The second-order valence-corrected chi connectivity index (χ2v) is 7.32. The molecule has 1 fully saturated rings. The highest BCUT2D eigenvalue weighted by atomic mass is 16.5. The van der Waals surface area contributed by atoms with Crippen LogP contribution in [-0.2, 0) is 11.3 Å². The molecular formula is C25H24N2O4. The second kappa shape index (κ2) is 10.0. The van der Waals surface area contributed by atoms with E-state index in [1.807, 2.05) is 36.4 Å². The molecule has 6 heteroatoms. The van der Waals surface area contributed by atoms with Crippen LogP contribution in [0.5, 0.6) is 5.75 Å². The molecule has 0 spiro atoms. The molecule has 4 rings (SSSR count). The molecule has 0 radical (unpaired) electrons. The molecule has 0 atom stereocenters. The van der Waals surface area contributed by atoms with Gasteiger partial charge in [-0.15, -0.1) is 0 Å². The van der Waals surface area contributed by atoms with Crippen LogP contribution in [0.3, 0.4) is 0 Å². The number of carbonyl (C=O) groups is 2. The van der Waals surface area contributed by atoms with Crippen molar-refractivity contribution in [2.75, 3.05) is 31.6 Å². The van der Waals surface area contributed by atoms with Crippen LogP contribution in [0.25, 0.3) is 0 Å². The first-order chi connectivity index (χ1) is 15.2. The van der Waals surface area contributed by atoms with Crippen LogP contribution in [0.15, 0.2) is 78.9 Å². The molecule has 0 aromatic heterocycles. The van der Waals surface area contributed by atoms with Gasteiger partial charge in [0.2, 0.25) is 0 Å². The fourth-order valence-corrected chi connectivity index (χ4v) is 3.38. The number of nitrogens with one attached hydrogen (secondary N) is 1. The van der Waals surface area contributed by atoms with Gasteiger partial charge in [-0.25, -0.2) is 4.79 Å². The number of rotatable bonds is 6. The Morgan fingerprint density at radius 1 is 0.871 bits per heavy atom. The number of anilines is 1. The molecule has 1 aliphatic rings. The zero-order valence-electron chi connectivity index (χ0n) is 17.1. The Hall–Kier alpha value is -3.48. The summed E-state index contributed by atoms with van der Waals surface area (Å²) < 4.78 is 10.9. The SMILES string of the molecule is O=C(Nc1ccc(OC(=O)c2cccc(CN3CCOCC3)c2)cc1)c1ccccc1. The number of nitrogens with zero attached hydrogens (tertiary/aromatic N) is 1. The van der Waals surface area contributed by atoms with E-state index in [4.69, 9.17) is 9.47 Å². The van der Waals surface area contributed by atoms with Crippen LogP contribution < -0.4 is 10.1 Å². The van der Waals surface area contributed by atoms with Crippen LogP contribution in [0.2, 0.25) is 0 Å². The lowest BCUT2D eigenvalue weighted by Crippen LogP contribution is -2.35. The maximum absolute atomic E-state index is 12.6. The lowest BCUT2D eigenvalue weighted by atomic mass is 10.1. The van der Waals surface area contributed by atoms with Gasteiger partial charge >= 0.3 is 5.97 Å². The summed E-state index contributed by atoms with van der Waals surface area (Å²) in [7, 11) is 0. The molecule has 1 N–H and O–H groups in total. The van der Waals surface area contributed by atoms with E-state index in [1.54, 1.807) is 42.5 Å². The van der Waals surface area contributed by atoms with Crippen LogP contribution >= 0.6 is 0 Å². The standard InChI is InChI=1S/C25H24N2O4/c28-24(20-6-2-1-3-7-20)26-22-9-11-23(12-10-22)31-25(29)21-8-4-5-19(17-21)18-27-13-15-30-16-14-27/h1-12,17H,13-16,18H2,(H,26,28). The molecule has 1 saturated heterocycles. The third kappa shape index (κ3) is 5.78. The van der Waals surface area contributed by atoms with Crippen molar-refractivity contribution in [2.45, 2.75) is 6.54 Å². The van der Waals surface area contributed by atoms with Crippen molar-refractivity contribution >= 4 is 17.6 Å². The number of esters is 1. The monoisotopic (exact) mass is 416 g/mol. The molecule has 1 amide bonds. The molecule has 0 aliphatic carbocycles. The Kier molecular flexibility index (Phi) is 6.72. The predicted octanol–water partition coefficient (Wildman–Crippen LogP) is 3.99. The van der Waals surface area contributed by atoms with Gasteiger partial charge in [0.1, 0.15) is 5.75 Å². The van der Waals surface area contributed by atoms with Gasteiger partial charge in [-0.3, -0.25) is 9.69 Å². The lowest BCUT2D eigenvalue weighted by molar-refractivity contribution is 0.0341. The summed E-state index contributed by atoms with van der Waals surface area (Å²) >= 11 is 0. The number of morpholine rings is 1. The Morgan fingerprint density at radius 3 is 2.32 bits per heavy atom. The molecule has 3 aromatic carbocycles. The van der Waals surface area contributed by atoms with E-state index in [2.05, 4.69) is 10.2 Å². The van der Waals surface area contributed by atoms with E-state index in [-0.39, 0.29) is 5.91 Å². The molecule has 3 aromatic rings. The van der Waals surface area contributed by atoms with Gasteiger partial charge in [-0.05, 0) is 54.1 Å². The highest BCUT2D eigenvalue weighted by Gasteiger charge is 2.13. The van der Waals surface area contributed by atoms with Crippen molar-refractivity contribution in [3.8, 4) is 5.75 Å². The molecule has 158 valence electrons. The van der Waals surface area contributed by atoms with Crippen molar-refractivity contribution in [3.63, 3.8) is 0 Å². The predicted molar refractivity (Wildman–Crippen MR) is 118 cm³/mol. The molecule has 31 heavy (non-hydrogen) atoms. The summed E-state index contributed by atoms with van der Waals surface area (Å²) in [6.45, 7) is 4.04. The molecule has 0 unspecified atom stereocenters. The van der Waals surface area contributed by atoms with E-state index in [0.717, 1.165) is 38.4 Å². The molecular weight excluding hydrogens is 392 g/mol. The smallest absolute Gasteiger partial charge is 0.343 e. The van der Waals surface area contributed by atoms with Crippen molar-refractivity contribution in [2.24, 2.45) is 0 Å². The average Bonchev–Trinajstić information content (AvgIpc) is 2.82. The van der Waals surface area contributed by atoms with Gasteiger partial charge in [0.25, 0.3) is 5.91 Å². The topological polar surface area (TPSA) is 67.9 Å². The van der Waals surface area contributed by atoms with Crippen LogP contribution in [0.4, 0.5) is 5.69 Å². The minimum Gasteiger partial charge on any atom is -0.423 e. The molecule has 0 saturated carbocycles. The Morgan fingerprint density at radius 2 is 1.58 bits per heavy atom. The molecule has 1 aliphatic heterocycles. The Balaban J connectivity index is 1.35. The normalized spacial score (nSPS) is 14.1. The quantitative estimate of drug-likeness (QED) is 0.486. The maximum Gasteiger partial charge on any atom is 0.343 e. The molecule has 1 heterocycles. The minimum atomic E-state index is -0.412. The first kappa shape index (κ1) is 20.8. The Labute approximate surface area is 181 Å². The molecule has 6 nitrogen and oxygen atoms in total. The van der Waals surface area contributed by atoms with Crippen LogP contribution in [-0.4, -0.2) is 43.1 Å². The summed E-state index contributed by atoms with van der Waals surface area (Å²) in [5.74, 6) is -0.186. The van der Waals surface area contributed by atoms with Crippen molar-refractivity contribution in [3.05, 3.63) is 95.6 Å². The van der Waals surface area contributed by atoms with E-state index < -0.39 is 5.97 Å². The van der Waals surface area contributed by atoms with Gasteiger partial charge in [-0.1, -0.05) is 30.3 Å². The van der Waals surface area contributed by atoms with E-state index in [9.17, 15) is 9.59 Å².